The Morgan fingerprint density at radius 3 is 2.79 bits per heavy atom. The van der Waals surface area contributed by atoms with Crippen molar-refractivity contribution in [3.63, 3.8) is 0 Å². The molecule has 0 unspecified atom stereocenters. The van der Waals surface area contributed by atoms with Gasteiger partial charge in [0.1, 0.15) is 10.8 Å². The third-order valence-electron chi connectivity index (χ3n) is 2.77. The second-order valence-electron chi connectivity index (χ2n) is 4.36. The van der Waals surface area contributed by atoms with Gasteiger partial charge >= 0.3 is 0 Å². The molecule has 7 heteroatoms. The summed E-state index contributed by atoms with van der Waals surface area (Å²) in [5.74, 6) is -0.205. The van der Waals surface area contributed by atoms with Crippen molar-refractivity contribution in [1.82, 2.24) is 19.4 Å². The number of aromatic nitrogens is 3. The van der Waals surface area contributed by atoms with E-state index in [1.54, 1.807) is 30.2 Å². The molecule has 2 aromatic rings. The summed E-state index contributed by atoms with van der Waals surface area (Å²) in [6, 6.07) is 1.53. The maximum Gasteiger partial charge on any atom is 0.268 e. The average molecular weight is 301 g/mol. The van der Waals surface area contributed by atoms with Crippen molar-refractivity contribution in [2.24, 2.45) is 7.05 Å². The van der Waals surface area contributed by atoms with E-state index in [2.05, 4.69) is 10.3 Å². The maximum atomic E-state index is 12.1. The molecule has 19 heavy (non-hydrogen) atoms. The van der Waals surface area contributed by atoms with Gasteiger partial charge in [-0.3, -0.25) is 4.79 Å². The summed E-state index contributed by atoms with van der Waals surface area (Å²) in [5.41, 5.74) is 0.437. The van der Waals surface area contributed by atoms with E-state index >= 15 is 0 Å². The van der Waals surface area contributed by atoms with Crippen LogP contribution in [0.2, 0.25) is 10.2 Å². The van der Waals surface area contributed by atoms with E-state index in [0.717, 1.165) is 0 Å². The number of carbonyl (C=O) groups excluding carboxylic acids is 1. The Balaban J connectivity index is 2.02. The topological polar surface area (TPSA) is 51.9 Å². The standard InChI is InChI=1S/C12H14Cl2N4O/c1-8(6-18-4-3-15-7-18)16-12(19)10-5-9(13)11(14)17(10)2/h3-5,7-8H,6H2,1-2H3,(H,16,19)/t8-/m1/s1. The maximum absolute atomic E-state index is 12.1. The minimum Gasteiger partial charge on any atom is -0.347 e. The predicted molar refractivity (Wildman–Crippen MR) is 74.6 cm³/mol. The number of hydrogen-bond acceptors (Lipinski definition) is 2. The Labute approximate surface area is 121 Å². The summed E-state index contributed by atoms with van der Waals surface area (Å²) in [7, 11) is 1.70. The van der Waals surface area contributed by atoms with Crippen molar-refractivity contribution in [3.05, 3.63) is 40.7 Å². The monoisotopic (exact) mass is 300 g/mol. The van der Waals surface area contributed by atoms with Gasteiger partial charge in [0.25, 0.3) is 5.91 Å². The largest absolute Gasteiger partial charge is 0.347 e. The number of carbonyl (C=O) groups is 1. The highest BCUT2D eigenvalue weighted by molar-refractivity contribution is 6.41. The van der Waals surface area contributed by atoms with E-state index in [-0.39, 0.29) is 11.9 Å². The fourth-order valence-electron chi connectivity index (χ4n) is 1.81. The molecule has 0 saturated heterocycles. The van der Waals surface area contributed by atoms with Gasteiger partial charge in [0.2, 0.25) is 0 Å². The highest BCUT2D eigenvalue weighted by Crippen LogP contribution is 2.25. The van der Waals surface area contributed by atoms with Gasteiger partial charge in [-0.25, -0.2) is 4.98 Å². The molecule has 0 radical (unpaired) electrons. The number of rotatable bonds is 4. The molecule has 0 aliphatic rings. The zero-order valence-electron chi connectivity index (χ0n) is 10.6. The predicted octanol–water partition coefficient (Wildman–Crippen LogP) is 2.35. The highest BCUT2D eigenvalue weighted by Gasteiger charge is 2.17. The van der Waals surface area contributed by atoms with Crippen LogP contribution in [0.1, 0.15) is 17.4 Å². The SMILES string of the molecule is C[C@H](Cn1ccnc1)NC(=O)c1cc(Cl)c(Cl)n1C. The zero-order chi connectivity index (χ0) is 14.0. The van der Waals surface area contributed by atoms with Crippen LogP contribution in [0.4, 0.5) is 0 Å². The van der Waals surface area contributed by atoms with Crippen LogP contribution in [0.5, 0.6) is 0 Å². The van der Waals surface area contributed by atoms with Gasteiger partial charge in [0.05, 0.1) is 11.3 Å². The van der Waals surface area contributed by atoms with Gasteiger partial charge in [-0.15, -0.1) is 0 Å². The van der Waals surface area contributed by atoms with Gasteiger partial charge in [0, 0.05) is 32.0 Å². The highest BCUT2D eigenvalue weighted by atomic mass is 35.5. The third kappa shape index (κ3) is 3.11. The van der Waals surface area contributed by atoms with Crippen LogP contribution >= 0.6 is 23.2 Å². The molecule has 5 nitrogen and oxygen atoms in total. The Morgan fingerprint density at radius 1 is 1.53 bits per heavy atom. The minimum absolute atomic E-state index is 0.0332. The van der Waals surface area contributed by atoms with Gasteiger partial charge in [-0.05, 0) is 13.0 Å². The molecule has 2 rings (SSSR count). The number of amides is 1. The second-order valence-corrected chi connectivity index (χ2v) is 5.13. The van der Waals surface area contributed by atoms with Crippen molar-refractivity contribution in [2.75, 3.05) is 0 Å². The van der Waals surface area contributed by atoms with Gasteiger partial charge in [0.15, 0.2) is 0 Å². The molecule has 0 aliphatic carbocycles. The van der Waals surface area contributed by atoms with Crippen LogP contribution in [0.3, 0.4) is 0 Å². The van der Waals surface area contributed by atoms with E-state index in [0.29, 0.717) is 22.4 Å². The van der Waals surface area contributed by atoms with Gasteiger partial charge in [-0.2, -0.15) is 0 Å². The summed E-state index contributed by atoms with van der Waals surface area (Å²) >= 11 is 11.8. The molecule has 2 heterocycles. The van der Waals surface area contributed by atoms with Crippen molar-refractivity contribution in [3.8, 4) is 0 Å². The van der Waals surface area contributed by atoms with Crippen LogP contribution in [0, 0.1) is 0 Å². The first-order chi connectivity index (χ1) is 8.99. The van der Waals surface area contributed by atoms with Crippen molar-refractivity contribution in [1.29, 1.82) is 0 Å². The molecule has 2 aromatic heterocycles. The third-order valence-corrected chi connectivity index (χ3v) is 3.61. The summed E-state index contributed by atoms with van der Waals surface area (Å²) < 4.78 is 3.46. The first kappa shape index (κ1) is 14.0. The van der Waals surface area contributed by atoms with Crippen molar-refractivity contribution < 1.29 is 4.79 Å². The van der Waals surface area contributed by atoms with E-state index < -0.39 is 0 Å². The smallest absolute Gasteiger partial charge is 0.268 e. The number of hydrogen-bond donors (Lipinski definition) is 1. The van der Waals surface area contributed by atoms with Crippen LogP contribution in [0.15, 0.2) is 24.8 Å². The number of nitrogens with zero attached hydrogens (tertiary/aromatic N) is 3. The van der Waals surface area contributed by atoms with E-state index in [1.165, 1.54) is 0 Å². The Kier molecular flexibility index (Phi) is 4.17. The molecule has 0 spiro atoms. The lowest BCUT2D eigenvalue weighted by Crippen LogP contribution is -2.36. The number of nitrogens with one attached hydrogen (secondary N) is 1. The summed E-state index contributed by atoms with van der Waals surface area (Å²) in [6.45, 7) is 2.57. The lowest BCUT2D eigenvalue weighted by molar-refractivity contribution is 0.0928. The lowest BCUT2D eigenvalue weighted by atomic mass is 10.3. The Hall–Kier alpha value is -1.46. The quantitative estimate of drug-likeness (QED) is 0.942. The molecule has 102 valence electrons. The molecule has 1 atom stereocenters. The Morgan fingerprint density at radius 2 is 2.26 bits per heavy atom. The fraction of sp³-hybridized carbons (Fsp3) is 0.333. The summed E-state index contributed by atoms with van der Waals surface area (Å²) in [4.78, 5) is 16.0. The summed E-state index contributed by atoms with van der Waals surface area (Å²) in [6.07, 6.45) is 5.25. The molecule has 0 bridgehead atoms. The molecule has 0 aromatic carbocycles. The summed E-state index contributed by atoms with van der Waals surface area (Å²) in [5, 5.41) is 3.62. The molecular weight excluding hydrogens is 287 g/mol. The molecular formula is C12H14Cl2N4O. The Bertz CT molecular complexity index is 577. The average Bonchev–Trinajstić information content (AvgIpc) is 2.93. The normalized spacial score (nSPS) is 12.4. The van der Waals surface area contributed by atoms with Crippen molar-refractivity contribution >= 4 is 29.1 Å². The molecule has 0 saturated carbocycles. The van der Waals surface area contributed by atoms with E-state index in [4.69, 9.17) is 23.2 Å². The second kappa shape index (κ2) is 5.67. The minimum atomic E-state index is -0.205. The van der Waals surface area contributed by atoms with Crippen LogP contribution in [-0.2, 0) is 13.6 Å². The zero-order valence-corrected chi connectivity index (χ0v) is 12.1. The number of imidazole rings is 1. The lowest BCUT2D eigenvalue weighted by Gasteiger charge is -2.14. The first-order valence-electron chi connectivity index (χ1n) is 5.76. The van der Waals surface area contributed by atoms with Gasteiger partial charge < -0.3 is 14.5 Å². The first-order valence-corrected chi connectivity index (χ1v) is 6.52. The van der Waals surface area contributed by atoms with E-state index in [1.807, 2.05) is 17.7 Å². The number of halogens is 2. The van der Waals surface area contributed by atoms with Crippen LogP contribution in [0.25, 0.3) is 0 Å². The molecule has 1 amide bonds. The fourth-order valence-corrected chi connectivity index (χ4v) is 2.19. The van der Waals surface area contributed by atoms with Crippen LogP contribution < -0.4 is 5.32 Å². The molecule has 0 aliphatic heterocycles. The molecule has 0 fully saturated rings. The van der Waals surface area contributed by atoms with Crippen LogP contribution in [-0.4, -0.2) is 26.1 Å². The molecule has 1 N–H and O–H groups in total. The van der Waals surface area contributed by atoms with Gasteiger partial charge in [-0.1, -0.05) is 23.2 Å². The van der Waals surface area contributed by atoms with Crippen molar-refractivity contribution in [2.45, 2.75) is 19.5 Å². The van der Waals surface area contributed by atoms with E-state index in [9.17, 15) is 4.79 Å².